The number of halogens is 1. The molecule has 0 heterocycles. The number of hydrogen-bond acceptors (Lipinski definition) is 4. The highest BCUT2D eigenvalue weighted by atomic mass is 19.1. The first-order valence-electron chi connectivity index (χ1n) is 5.13. The van der Waals surface area contributed by atoms with Gasteiger partial charge < -0.3 is 11.1 Å². The Balaban J connectivity index is 2.81. The molecule has 0 unspecified atom stereocenters. The standard InChI is InChI=1S/C11H12FN3O3/c12-10-4-3-8(15(17)18)7-9(10)11(16)14-6-2-1-5-13/h1-4,7H,5-6,13H2,(H,14,16)/b2-1+. The van der Waals surface area contributed by atoms with Crippen molar-refractivity contribution in [3.63, 3.8) is 0 Å². The largest absolute Gasteiger partial charge is 0.348 e. The maximum Gasteiger partial charge on any atom is 0.270 e. The van der Waals surface area contributed by atoms with E-state index in [0.717, 1.165) is 18.2 Å². The molecule has 0 aliphatic heterocycles. The highest BCUT2D eigenvalue weighted by molar-refractivity contribution is 5.95. The summed E-state index contributed by atoms with van der Waals surface area (Å²) in [5.41, 5.74) is 4.51. The number of non-ortho nitro benzene ring substituents is 1. The Morgan fingerprint density at radius 1 is 1.50 bits per heavy atom. The Morgan fingerprint density at radius 3 is 2.83 bits per heavy atom. The third-order valence-electron chi connectivity index (χ3n) is 2.09. The van der Waals surface area contributed by atoms with E-state index in [-0.39, 0.29) is 17.8 Å². The molecule has 0 saturated carbocycles. The van der Waals surface area contributed by atoms with Gasteiger partial charge in [0.05, 0.1) is 10.5 Å². The molecule has 18 heavy (non-hydrogen) atoms. The predicted octanol–water partition coefficient (Wildman–Crippen LogP) is 0.979. The number of hydrogen-bond donors (Lipinski definition) is 2. The summed E-state index contributed by atoms with van der Waals surface area (Å²) in [6, 6.07) is 2.79. The summed E-state index contributed by atoms with van der Waals surface area (Å²) >= 11 is 0. The Bertz CT molecular complexity index is 488. The molecular formula is C11H12FN3O3. The molecule has 0 spiro atoms. The highest BCUT2D eigenvalue weighted by Crippen LogP contribution is 2.16. The highest BCUT2D eigenvalue weighted by Gasteiger charge is 2.16. The van der Waals surface area contributed by atoms with Crippen LogP contribution in [0.15, 0.2) is 30.4 Å². The van der Waals surface area contributed by atoms with Crippen molar-refractivity contribution in [1.82, 2.24) is 5.32 Å². The normalized spacial score (nSPS) is 10.6. The predicted molar refractivity (Wildman–Crippen MR) is 63.6 cm³/mol. The van der Waals surface area contributed by atoms with E-state index in [9.17, 15) is 19.3 Å². The molecule has 96 valence electrons. The van der Waals surface area contributed by atoms with Gasteiger partial charge in [-0.15, -0.1) is 0 Å². The number of nitro benzene ring substituents is 1. The molecule has 6 nitrogen and oxygen atoms in total. The number of nitrogens with two attached hydrogens (primary N) is 1. The van der Waals surface area contributed by atoms with Crippen LogP contribution in [0.4, 0.5) is 10.1 Å². The lowest BCUT2D eigenvalue weighted by Crippen LogP contribution is -2.24. The van der Waals surface area contributed by atoms with Crippen molar-refractivity contribution in [2.75, 3.05) is 13.1 Å². The van der Waals surface area contributed by atoms with E-state index in [4.69, 9.17) is 5.73 Å². The smallest absolute Gasteiger partial charge is 0.270 e. The van der Waals surface area contributed by atoms with Gasteiger partial charge >= 0.3 is 0 Å². The first-order chi connectivity index (χ1) is 8.56. The number of carbonyl (C=O) groups is 1. The van der Waals surface area contributed by atoms with E-state index in [2.05, 4.69) is 5.32 Å². The Labute approximate surface area is 102 Å². The zero-order valence-corrected chi connectivity index (χ0v) is 9.43. The van der Waals surface area contributed by atoms with Gasteiger partial charge in [-0.05, 0) is 6.07 Å². The first-order valence-corrected chi connectivity index (χ1v) is 5.13. The number of carbonyl (C=O) groups excluding carboxylic acids is 1. The molecular weight excluding hydrogens is 241 g/mol. The van der Waals surface area contributed by atoms with E-state index in [1.165, 1.54) is 0 Å². The van der Waals surface area contributed by atoms with Crippen molar-refractivity contribution < 1.29 is 14.1 Å². The fourth-order valence-corrected chi connectivity index (χ4v) is 1.23. The molecule has 0 aromatic heterocycles. The zero-order chi connectivity index (χ0) is 13.5. The van der Waals surface area contributed by atoms with Crippen molar-refractivity contribution in [2.45, 2.75) is 0 Å². The summed E-state index contributed by atoms with van der Waals surface area (Å²) < 4.78 is 13.3. The minimum atomic E-state index is -0.805. The summed E-state index contributed by atoms with van der Waals surface area (Å²) in [6.07, 6.45) is 3.23. The molecule has 1 amide bonds. The SMILES string of the molecule is NC/C=C/CNC(=O)c1cc([N+](=O)[O-])ccc1F. The average Bonchev–Trinajstić information content (AvgIpc) is 2.34. The van der Waals surface area contributed by atoms with Crippen molar-refractivity contribution in [1.29, 1.82) is 0 Å². The third kappa shape index (κ3) is 3.63. The summed E-state index contributed by atoms with van der Waals surface area (Å²) in [5.74, 6) is -1.52. The molecule has 0 atom stereocenters. The fourth-order valence-electron chi connectivity index (χ4n) is 1.23. The van der Waals surface area contributed by atoms with Crippen LogP contribution in [0.25, 0.3) is 0 Å². The van der Waals surface area contributed by atoms with Crippen LogP contribution in [0.2, 0.25) is 0 Å². The second-order valence-electron chi connectivity index (χ2n) is 3.34. The van der Waals surface area contributed by atoms with Crippen LogP contribution in [0, 0.1) is 15.9 Å². The van der Waals surface area contributed by atoms with Crippen molar-refractivity contribution in [3.8, 4) is 0 Å². The van der Waals surface area contributed by atoms with Crippen LogP contribution in [0.1, 0.15) is 10.4 Å². The average molecular weight is 253 g/mol. The monoisotopic (exact) mass is 253 g/mol. The van der Waals surface area contributed by atoms with Crippen LogP contribution < -0.4 is 11.1 Å². The van der Waals surface area contributed by atoms with Gasteiger partial charge in [0, 0.05) is 25.2 Å². The maximum absolute atomic E-state index is 13.3. The van der Waals surface area contributed by atoms with Gasteiger partial charge in [-0.2, -0.15) is 0 Å². The Kier molecular flexibility index (Phi) is 4.94. The minimum absolute atomic E-state index is 0.179. The van der Waals surface area contributed by atoms with Crippen LogP contribution in [-0.4, -0.2) is 23.9 Å². The van der Waals surface area contributed by atoms with E-state index < -0.39 is 16.6 Å². The second kappa shape index (κ2) is 6.45. The molecule has 1 aromatic rings. The number of nitrogens with zero attached hydrogens (tertiary/aromatic N) is 1. The van der Waals surface area contributed by atoms with Gasteiger partial charge in [0.2, 0.25) is 0 Å². The number of nitrogens with one attached hydrogen (secondary N) is 1. The zero-order valence-electron chi connectivity index (χ0n) is 9.43. The minimum Gasteiger partial charge on any atom is -0.348 e. The van der Waals surface area contributed by atoms with Gasteiger partial charge in [0.1, 0.15) is 5.82 Å². The molecule has 0 aliphatic rings. The summed E-state index contributed by atoms with van der Waals surface area (Å²) in [7, 11) is 0. The fraction of sp³-hybridized carbons (Fsp3) is 0.182. The second-order valence-corrected chi connectivity index (χ2v) is 3.34. The topological polar surface area (TPSA) is 98.3 Å². The quantitative estimate of drug-likeness (QED) is 0.464. The van der Waals surface area contributed by atoms with Gasteiger partial charge in [0.15, 0.2) is 0 Å². The van der Waals surface area contributed by atoms with Gasteiger partial charge in [0.25, 0.3) is 11.6 Å². The van der Waals surface area contributed by atoms with Gasteiger partial charge in [-0.25, -0.2) is 4.39 Å². The number of rotatable bonds is 5. The summed E-state index contributed by atoms with van der Waals surface area (Å²) in [4.78, 5) is 21.4. The maximum atomic E-state index is 13.3. The van der Waals surface area contributed by atoms with E-state index >= 15 is 0 Å². The number of benzene rings is 1. The summed E-state index contributed by atoms with van der Waals surface area (Å²) in [6.45, 7) is 0.513. The van der Waals surface area contributed by atoms with Crippen LogP contribution >= 0.6 is 0 Å². The molecule has 7 heteroatoms. The summed E-state index contributed by atoms with van der Waals surface area (Å²) in [5, 5.41) is 12.9. The van der Waals surface area contributed by atoms with Crippen LogP contribution in [0.3, 0.4) is 0 Å². The van der Waals surface area contributed by atoms with Crippen LogP contribution in [0.5, 0.6) is 0 Å². The van der Waals surface area contributed by atoms with E-state index in [1.807, 2.05) is 0 Å². The Hall–Kier alpha value is -2.28. The molecule has 0 bridgehead atoms. The lowest BCUT2D eigenvalue weighted by molar-refractivity contribution is -0.384. The third-order valence-corrected chi connectivity index (χ3v) is 2.09. The Morgan fingerprint density at radius 2 is 2.22 bits per heavy atom. The van der Waals surface area contributed by atoms with Gasteiger partial charge in [-0.1, -0.05) is 12.2 Å². The molecule has 3 N–H and O–H groups in total. The van der Waals surface area contributed by atoms with E-state index in [0.29, 0.717) is 6.54 Å². The van der Waals surface area contributed by atoms with Gasteiger partial charge in [-0.3, -0.25) is 14.9 Å². The molecule has 0 radical (unpaired) electrons. The lowest BCUT2D eigenvalue weighted by Gasteiger charge is -2.03. The van der Waals surface area contributed by atoms with Crippen molar-refractivity contribution in [2.24, 2.45) is 5.73 Å². The lowest BCUT2D eigenvalue weighted by atomic mass is 10.1. The molecule has 0 fully saturated rings. The van der Waals surface area contributed by atoms with Crippen molar-refractivity contribution >= 4 is 11.6 Å². The molecule has 1 rings (SSSR count). The molecule has 0 aliphatic carbocycles. The number of nitro groups is 1. The van der Waals surface area contributed by atoms with Crippen molar-refractivity contribution in [3.05, 3.63) is 51.8 Å². The molecule has 0 saturated heterocycles. The first kappa shape index (κ1) is 13.8. The van der Waals surface area contributed by atoms with E-state index in [1.54, 1.807) is 12.2 Å². The molecule has 1 aromatic carbocycles. The van der Waals surface area contributed by atoms with Crippen LogP contribution in [-0.2, 0) is 0 Å². The number of amides is 1.